The molecule has 60 valence electrons. The third-order valence-electron chi connectivity index (χ3n) is 1.40. The van der Waals surface area contributed by atoms with Gasteiger partial charge >= 0.3 is 0 Å². The van der Waals surface area contributed by atoms with Crippen molar-refractivity contribution in [2.45, 2.75) is 6.92 Å². The summed E-state index contributed by atoms with van der Waals surface area (Å²) < 4.78 is 2.27. The third-order valence-corrected chi connectivity index (χ3v) is 1.40. The number of nitrogens with one attached hydrogen (secondary N) is 1. The van der Waals surface area contributed by atoms with Crippen LogP contribution in [0, 0.1) is 5.41 Å². The van der Waals surface area contributed by atoms with Gasteiger partial charge in [-0.15, -0.1) is 0 Å². The van der Waals surface area contributed by atoms with Crippen molar-refractivity contribution in [3.8, 4) is 5.88 Å². The molecule has 0 aliphatic carbocycles. The summed E-state index contributed by atoms with van der Waals surface area (Å²) in [5, 5.41) is 16.4. The maximum Gasteiger partial charge on any atom is 0.233 e. The second-order valence-corrected chi connectivity index (χ2v) is 2.28. The number of carbonyl (C=O) groups is 1. The van der Waals surface area contributed by atoms with Crippen LogP contribution in [-0.4, -0.2) is 20.1 Å². The Morgan fingerprint density at radius 2 is 2.27 bits per heavy atom. The second kappa shape index (κ2) is 2.26. The average molecular weight is 155 g/mol. The Hall–Kier alpha value is -1.52. The lowest BCUT2D eigenvalue weighted by Crippen LogP contribution is -2.25. The van der Waals surface area contributed by atoms with E-state index in [4.69, 9.17) is 10.5 Å². The molecule has 0 aliphatic heterocycles. The molecule has 0 aliphatic rings. The summed E-state index contributed by atoms with van der Waals surface area (Å²) in [7, 11) is 1.58. The van der Waals surface area contributed by atoms with E-state index in [2.05, 4.69) is 0 Å². The quantitative estimate of drug-likeness (QED) is 0.538. The number of nitrogens with zero attached hydrogens (tertiary/aromatic N) is 2. The Bertz CT molecular complexity index is 347. The van der Waals surface area contributed by atoms with Gasteiger partial charge in [-0.2, -0.15) is 0 Å². The SMILES string of the molecule is CC(=O)n1c(O)cn(C)c1=N. The van der Waals surface area contributed by atoms with E-state index in [1.807, 2.05) is 0 Å². The van der Waals surface area contributed by atoms with Gasteiger partial charge < -0.3 is 9.67 Å². The molecule has 0 amide bonds. The molecule has 5 heteroatoms. The van der Waals surface area contributed by atoms with E-state index in [1.54, 1.807) is 7.05 Å². The summed E-state index contributed by atoms with van der Waals surface area (Å²) >= 11 is 0. The summed E-state index contributed by atoms with van der Waals surface area (Å²) in [6.45, 7) is 1.29. The van der Waals surface area contributed by atoms with E-state index in [-0.39, 0.29) is 17.4 Å². The minimum atomic E-state index is -0.367. The summed E-state index contributed by atoms with van der Waals surface area (Å²) in [6.07, 6.45) is 1.31. The highest BCUT2D eigenvalue weighted by Crippen LogP contribution is 2.02. The first-order valence-corrected chi connectivity index (χ1v) is 3.07. The van der Waals surface area contributed by atoms with Gasteiger partial charge in [0.15, 0.2) is 0 Å². The van der Waals surface area contributed by atoms with Gasteiger partial charge in [-0.25, -0.2) is 4.57 Å². The van der Waals surface area contributed by atoms with E-state index in [9.17, 15) is 4.79 Å². The number of rotatable bonds is 0. The van der Waals surface area contributed by atoms with Crippen molar-refractivity contribution >= 4 is 5.91 Å². The van der Waals surface area contributed by atoms with Gasteiger partial charge in [0.2, 0.25) is 17.4 Å². The van der Waals surface area contributed by atoms with Gasteiger partial charge in [0.05, 0.1) is 6.20 Å². The number of hydrogen-bond donors (Lipinski definition) is 2. The van der Waals surface area contributed by atoms with Crippen LogP contribution in [0.3, 0.4) is 0 Å². The standard InChI is InChI=1S/C6H9N3O2/c1-4(10)9-5(11)3-8(2)6(9)7/h3,7,11H,1-2H3. The molecular weight excluding hydrogens is 146 g/mol. The Kier molecular flexibility index (Phi) is 1.56. The molecule has 0 saturated heterocycles. The third kappa shape index (κ3) is 1.04. The lowest BCUT2D eigenvalue weighted by Gasteiger charge is -1.94. The number of imidazole rings is 1. The first-order valence-electron chi connectivity index (χ1n) is 3.07. The molecule has 2 N–H and O–H groups in total. The van der Waals surface area contributed by atoms with Crippen molar-refractivity contribution in [1.82, 2.24) is 9.13 Å². The fraction of sp³-hybridized carbons (Fsp3) is 0.333. The van der Waals surface area contributed by atoms with Gasteiger partial charge in [0.1, 0.15) is 0 Å². The lowest BCUT2D eigenvalue weighted by molar-refractivity contribution is 0.0921. The highest BCUT2D eigenvalue weighted by Gasteiger charge is 2.07. The van der Waals surface area contributed by atoms with Gasteiger partial charge in [-0.3, -0.25) is 10.2 Å². The fourth-order valence-corrected chi connectivity index (χ4v) is 0.869. The van der Waals surface area contributed by atoms with Crippen molar-refractivity contribution in [2.24, 2.45) is 7.05 Å². The molecule has 1 rings (SSSR count). The highest BCUT2D eigenvalue weighted by atomic mass is 16.3. The fourth-order valence-electron chi connectivity index (χ4n) is 0.869. The topological polar surface area (TPSA) is 71.0 Å². The van der Waals surface area contributed by atoms with E-state index < -0.39 is 0 Å². The molecule has 1 aromatic rings. The van der Waals surface area contributed by atoms with Crippen LogP contribution in [0.15, 0.2) is 6.20 Å². The van der Waals surface area contributed by atoms with Crippen molar-refractivity contribution < 1.29 is 9.90 Å². The van der Waals surface area contributed by atoms with Crippen LogP contribution >= 0.6 is 0 Å². The van der Waals surface area contributed by atoms with Crippen LogP contribution in [-0.2, 0) is 7.05 Å². The summed E-state index contributed by atoms with van der Waals surface area (Å²) in [6, 6.07) is 0. The lowest BCUT2D eigenvalue weighted by atomic mass is 10.6. The van der Waals surface area contributed by atoms with E-state index in [1.165, 1.54) is 17.7 Å². The van der Waals surface area contributed by atoms with Crippen molar-refractivity contribution in [3.63, 3.8) is 0 Å². The van der Waals surface area contributed by atoms with Crippen LogP contribution in [0.1, 0.15) is 11.7 Å². The molecule has 0 saturated carbocycles. The molecule has 0 radical (unpaired) electrons. The number of hydrogen-bond acceptors (Lipinski definition) is 3. The van der Waals surface area contributed by atoms with Crippen molar-refractivity contribution in [2.75, 3.05) is 0 Å². The number of aryl methyl sites for hydroxylation is 1. The minimum Gasteiger partial charge on any atom is -0.493 e. The van der Waals surface area contributed by atoms with Gasteiger partial charge in [0, 0.05) is 14.0 Å². The average Bonchev–Trinajstić information content (AvgIpc) is 2.07. The number of aromatic hydroxyl groups is 1. The maximum atomic E-state index is 10.8. The Balaban J connectivity index is 3.47. The smallest absolute Gasteiger partial charge is 0.233 e. The zero-order valence-corrected chi connectivity index (χ0v) is 6.33. The summed E-state index contributed by atoms with van der Waals surface area (Å²) in [5.41, 5.74) is -0.0324. The van der Waals surface area contributed by atoms with Crippen molar-refractivity contribution in [1.29, 1.82) is 5.41 Å². The van der Waals surface area contributed by atoms with E-state index >= 15 is 0 Å². The van der Waals surface area contributed by atoms with Crippen LogP contribution < -0.4 is 5.62 Å². The molecular formula is C6H9N3O2. The number of aromatic nitrogens is 2. The minimum absolute atomic E-state index is 0.0324. The number of carbonyl (C=O) groups excluding carboxylic acids is 1. The molecule has 0 bridgehead atoms. The highest BCUT2D eigenvalue weighted by molar-refractivity contribution is 5.77. The zero-order valence-electron chi connectivity index (χ0n) is 6.33. The Morgan fingerprint density at radius 3 is 2.45 bits per heavy atom. The predicted molar refractivity (Wildman–Crippen MR) is 37.2 cm³/mol. The summed E-state index contributed by atoms with van der Waals surface area (Å²) in [4.78, 5) is 10.8. The maximum absolute atomic E-state index is 10.8. The van der Waals surface area contributed by atoms with Crippen LogP contribution in [0.5, 0.6) is 5.88 Å². The zero-order chi connectivity index (χ0) is 8.59. The van der Waals surface area contributed by atoms with Crippen LogP contribution in [0.2, 0.25) is 0 Å². The van der Waals surface area contributed by atoms with Crippen LogP contribution in [0.25, 0.3) is 0 Å². The van der Waals surface area contributed by atoms with Gasteiger partial charge in [0.25, 0.3) is 0 Å². The normalized spacial score (nSPS) is 10.0. The van der Waals surface area contributed by atoms with Crippen LogP contribution in [0.4, 0.5) is 0 Å². The van der Waals surface area contributed by atoms with Crippen molar-refractivity contribution in [3.05, 3.63) is 11.8 Å². The van der Waals surface area contributed by atoms with Gasteiger partial charge in [-0.05, 0) is 0 Å². The Morgan fingerprint density at radius 1 is 1.73 bits per heavy atom. The molecule has 0 atom stereocenters. The first kappa shape index (κ1) is 7.59. The van der Waals surface area contributed by atoms with E-state index in [0.29, 0.717) is 0 Å². The summed E-state index contributed by atoms with van der Waals surface area (Å²) in [5.74, 6) is -0.571. The Labute approximate surface area is 63.0 Å². The molecule has 0 unspecified atom stereocenters. The largest absolute Gasteiger partial charge is 0.493 e. The predicted octanol–water partition coefficient (Wildman–Crippen LogP) is -0.328. The monoisotopic (exact) mass is 155 g/mol. The molecule has 0 aromatic carbocycles. The first-order chi connectivity index (χ1) is 5.04. The van der Waals surface area contributed by atoms with Gasteiger partial charge in [-0.1, -0.05) is 0 Å². The molecule has 1 aromatic heterocycles. The molecule has 11 heavy (non-hydrogen) atoms. The van der Waals surface area contributed by atoms with E-state index in [0.717, 1.165) is 4.57 Å². The molecule has 5 nitrogen and oxygen atoms in total. The molecule has 0 spiro atoms. The molecule has 0 fully saturated rings. The second-order valence-electron chi connectivity index (χ2n) is 2.28. The molecule has 1 heterocycles.